The predicted octanol–water partition coefficient (Wildman–Crippen LogP) is 2.13. The molecule has 3 unspecified atom stereocenters. The number of methoxy groups -OCH3 is 1. The maximum absolute atomic E-state index is 9.54. The van der Waals surface area contributed by atoms with E-state index in [0.717, 1.165) is 18.6 Å². The summed E-state index contributed by atoms with van der Waals surface area (Å²) in [5.41, 5.74) is 6.64. The molecule has 114 valence electrons. The summed E-state index contributed by atoms with van der Waals surface area (Å²) >= 11 is 0. The zero-order valence-electron chi connectivity index (χ0n) is 12.9. The number of aliphatic hydroxyl groups is 1. The molecule has 0 fully saturated rings. The number of ether oxygens (including phenoxy) is 2. The van der Waals surface area contributed by atoms with E-state index >= 15 is 0 Å². The van der Waals surface area contributed by atoms with Crippen LogP contribution in [0.3, 0.4) is 0 Å². The maximum atomic E-state index is 9.54. The van der Waals surface area contributed by atoms with Crippen molar-refractivity contribution in [2.75, 3.05) is 13.7 Å². The molecule has 20 heavy (non-hydrogen) atoms. The molecule has 4 nitrogen and oxygen atoms in total. The summed E-state index contributed by atoms with van der Waals surface area (Å²) in [4.78, 5) is 0. The number of hydrogen-bond acceptors (Lipinski definition) is 4. The van der Waals surface area contributed by atoms with Crippen LogP contribution >= 0.6 is 0 Å². The summed E-state index contributed by atoms with van der Waals surface area (Å²) in [5.74, 6) is 0.856. The van der Waals surface area contributed by atoms with E-state index in [9.17, 15) is 5.11 Å². The van der Waals surface area contributed by atoms with Crippen LogP contribution in [0.15, 0.2) is 24.3 Å². The summed E-state index contributed by atoms with van der Waals surface area (Å²) < 4.78 is 11.1. The Bertz CT molecular complexity index is 391. The first-order valence-corrected chi connectivity index (χ1v) is 7.09. The molecule has 3 N–H and O–H groups in total. The minimum Gasteiger partial charge on any atom is -0.497 e. The Labute approximate surface area is 121 Å². The van der Waals surface area contributed by atoms with Crippen molar-refractivity contribution in [2.24, 2.45) is 5.73 Å². The zero-order valence-corrected chi connectivity index (χ0v) is 12.9. The van der Waals surface area contributed by atoms with Gasteiger partial charge in [0.25, 0.3) is 0 Å². The molecule has 1 aromatic rings. The largest absolute Gasteiger partial charge is 0.497 e. The smallest absolute Gasteiger partial charge is 0.118 e. The lowest BCUT2D eigenvalue weighted by Gasteiger charge is -2.33. The Morgan fingerprint density at radius 3 is 2.30 bits per heavy atom. The molecule has 0 saturated heterocycles. The van der Waals surface area contributed by atoms with Gasteiger partial charge in [0, 0.05) is 6.54 Å². The third-order valence-corrected chi connectivity index (χ3v) is 3.68. The van der Waals surface area contributed by atoms with Crippen LogP contribution in [-0.4, -0.2) is 36.6 Å². The lowest BCUT2D eigenvalue weighted by Crippen LogP contribution is -2.43. The van der Waals surface area contributed by atoms with E-state index in [1.165, 1.54) is 5.56 Å². The van der Waals surface area contributed by atoms with Crippen molar-refractivity contribution >= 4 is 0 Å². The van der Waals surface area contributed by atoms with Crippen molar-refractivity contribution in [3.63, 3.8) is 0 Å². The van der Waals surface area contributed by atoms with Crippen LogP contribution in [0.25, 0.3) is 0 Å². The van der Waals surface area contributed by atoms with Gasteiger partial charge in [-0.25, -0.2) is 0 Å². The van der Waals surface area contributed by atoms with Crippen LogP contribution in [-0.2, 0) is 11.2 Å². The molecule has 0 heterocycles. The molecule has 0 aliphatic carbocycles. The number of nitrogens with two attached hydrogens (primary N) is 1. The third kappa shape index (κ3) is 5.12. The van der Waals surface area contributed by atoms with E-state index in [-0.39, 0.29) is 6.10 Å². The highest BCUT2D eigenvalue weighted by molar-refractivity contribution is 5.27. The fraction of sp³-hybridized carbons (Fsp3) is 0.625. The van der Waals surface area contributed by atoms with Gasteiger partial charge in [-0.2, -0.15) is 0 Å². The molecule has 4 heteroatoms. The number of hydrogen-bond donors (Lipinski definition) is 2. The van der Waals surface area contributed by atoms with Crippen molar-refractivity contribution in [3.05, 3.63) is 29.8 Å². The quantitative estimate of drug-likeness (QED) is 0.766. The molecule has 0 bridgehead atoms. The van der Waals surface area contributed by atoms with Crippen LogP contribution in [0.1, 0.15) is 32.8 Å². The van der Waals surface area contributed by atoms with Gasteiger partial charge in [-0.15, -0.1) is 0 Å². The van der Waals surface area contributed by atoms with Crippen molar-refractivity contribution in [3.8, 4) is 5.75 Å². The maximum Gasteiger partial charge on any atom is 0.118 e. The molecule has 0 aliphatic heterocycles. The summed E-state index contributed by atoms with van der Waals surface area (Å²) in [6.07, 6.45) is 0.971. The average molecular weight is 281 g/mol. The van der Waals surface area contributed by atoms with Crippen LogP contribution in [0.2, 0.25) is 0 Å². The molecule has 1 aromatic carbocycles. The predicted molar refractivity (Wildman–Crippen MR) is 81.0 cm³/mol. The van der Waals surface area contributed by atoms with E-state index in [0.29, 0.717) is 6.54 Å². The third-order valence-electron chi connectivity index (χ3n) is 3.68. The minimum absolute atomic E-state index is 0.223. The van der Waals surface area contributed by atoms with Crippen molar-refractivity contribution < 1.29 is 14.6 Å². The van der Waals surface area contributed by atoms with Gasteiger partial charge < -0.3 is 20.3 Å². The van der Waals surface area contributed by atoms with Gasteiger partial charge in [0.05, 0.1) is 24.9 Å². The molecular formula is C16H27NO3. The second kappa shape index (κ2) is 7.62. The highest BCUT2D eigenvalue weighted by atomic mass is 16.5. The van der Waals surface area contributed by atoms with Crippen molar-refractivity contribution in [1.29, 1.82) is 0 Å². The Morgan fingerprint density at radius 2 is 1.85 bits per heavy atom. The van der Waals surface area contributed by atoms with Gasteiger partial charge in [0.15, 0.2) is 0 Å². The van der Waals surface area contributed by atoms with Crippen LogP contribution < -0.4 is 10.5 Å². The molecule has 3 atom stereocenters. The Hall–Kier alpha value is -1.10. The lowest BCUT2D eigenvalue weighted by molar-refractivity contribution is -0.113. The lowest BCUT2D eigenvalue weighted by atomic mass is 9.96. The van der Waals surface area contributed by atoms with Gasteiger partial charge in [0.2, 0.25) is 0 Å². The molecule has 0 aromatic heterocycles. The van der Waals surface area contributed by atoms with Crippen LogP contribution in [0, 0.1) is 0 Å². The van der Waals surface area contributed by atoms with Gasteiger partial charge in [-0.1, -0.05) is 12.1 Å². The fourth-order valence-corrected chi connectivity index (χ4v) is 1.96. The Kier molecular flexibility index (Phi) is 6.46. The zero-order chi connectivity index (χ0) is 15.2. The first-order chi connectivity index (χ1) is 9.40. The molecule has 1 rings (SSSR count). The van der Waals surface area contributed by atoms with Crippen molar-refractivity contribution in [2.45, 2.75) is 51.4 Å². The van der Waals surface area contributed by atoms with Gasteiger partial charge in [-0.3, -0.25) is 0 Å². The molecular weight excluding hydrogens is 254 g/mol. The molecule has 0 spiro atoms. The minimum atomic E-state index is -0.498. The van der Waals surface area contributed by atoms with E-state index in [1.807, 2.05) is 38.1 Å². The van der Waals surface area contributed by atoms with Crippen molar-refractivity contribution in [1.82, 2.24) is 0 Å². The average Bonchev–Trinajstić information content (AvgIpc) is 2.45. The van der Waals surface area contributed by atoms with Gasteiger partial charge in [0.1, 0.15) is 5.75 Å². The van der Waals surface area contributed by atoms with E-state index in [4.69, 9.17) is 15.2 Å². The second-order valence-corrected chi connectivity index (χ2v) is 5.57. The number of benzene rings is 1. The highest BCUT2D eigenvalue weighted by Crippen LogP contribution is 2.21. The summed E-state index contributed by atoms with van der Waals surface area (Å²) in [6, 6.07) is 8.00. The Balaban J connectivity index is 2.58. The monoisotopic (exact) mass is 281 g/mol. The molecule has 0 aliphatic rings. The van der Waals surface area contributed by atoms with E-state index in [2.05, 4.69) is 0 Å². The fourth-order valence-electron chi connectivity index (χ4n) is 1.96. The molecule has 0 saturated carbocycles. The summed E-state index contributed by atoms with van der Waals surface area (Å²) in [5, 5.41) is 9.54. The number of aryl methyl sites for hydroxylation is 1. The van der Waals surface area contributed by atoms with E-state index < -0.39 is 11.7 Å². The molecule has 0 radical (unpaired) electrons. The topological polar surface area (TPSA) is 64.7 Å². The van der Waals surface area contributed by atoms with Crippen LogP contribution in [0.5, 0.6) is 5.75 Å². The normalized spacial score (nSPS) is 17.3. The number of rotatable bonds is 8. The standard InChI is InChI=1S/C16H27NO3/c1-12(18)13(2)20-16(3,11-17)10-9-14-5-7-15(19-4)8-6-14/h5-8,12-13,18H,9-11,17H2,1-4H3. The van der Waals surface area contributed by atoms with Gasteiger partial charge >= 0.3 is 0 Å². The molecule has 0 amide bonds. The summed E-state index contributed by atoms with van der Waals surface area (Å²) in [6.45, 7) is 6.02. The van der Waals surface area contributed by atoms with Crippen LogP contribution in [0.4, 0.5) is 0 Å². The van der Waals surface area contributed by atoms with Gasteiger partial charge in [-0.05, 0) is 51.3 Å². The van der Waals surface area contributed by atoms with E-state index in [1.54, 1.807) is 14.0 Å². The highest BCUT2D eigenvalue weighted by Gasteiger charge is 2.27. The summed E-state index contributed by atoms with van der Waals surface area (Å²) in [7, 11) is 1.66. The SMILES string of the molecule is COc1ccc(CCC(C)(CN)OC(C)C(C)O)cc1. The second-order valence-electron chi connectivity index (χ2n) is 5.57. The first-order valence-electron chi connectivity index (χ1n) is 7.09. The first kappa shape index (κ1) is 17.0. The number of aliphatic hydroxyl groups excluding tert-OH is 1. The Morgan fingerprint density at radius 1 is 1.25 bits per heavy atom.